The number of hydrogen-bond donors (Lipinski definition) is 4. The molecule has 4 heterocycles. The van der Waals surface area contributed by atoms with Gasteiger partial charge in [0.15, 0.2) is 10.3 Å². The van der Waals surface area contributed by atoms with Gasteiger partial charge in [-0.05, 0) is 85.0 Å². The molecule has 5 rings (SSSR count). The summed E-state index contributed by atoms with van der Waals surface area (Å²) in [5.74, 6) is 0.588. The Morgan fingerprint density at radius 3 is 2.21 bits per heavy atom. The van der Waals surface area contributed by atoms with Crippen molar-refractivity contribution >= 4 is 45.9 Å². The maximum absolute atomic E-state index is 12.7. The van der Waals surface area contributed by atoms with Gasteiger partial charge < -0.3 is 49.7 Å². The molecule has 0 aliphatic carbocycles. The molecular weight excluding hydrogens is 763 g/mol. The number of amidine groups is 2. The van der Waals surface area contributed by atoms with Crippen LogP contribution in [-0.2, 0) is 35.1 Å². The molecule has 10 atom stereocenters. The second-order valence-corrected chi connectivity index (χ2v) is 18.1. The zero-order valence-electron chi connectivity index (χ0n) is 33.7. The van der Waals surface area contributed by atoms with Gasteiger partial charge in [-0.3, -0.25) is 19.7 Å². The van der Waals surface area contributed by atoms with Crippen molar-refractivity contribution in [3.8, 4) is 5.75 Å². The minimum atomic E-state index is -0.894. The molecule has 3 fully saturated rings. The quantitative estimate of drug-likeness (QED) is 0.233. The molecule has 3 saturated heterocycles. The van der Waals surface area contributed by atoms with E-state index < -0.39 is 35.6 Å². The summed E-state index contributed by atoms with van der Waals surface area (Å²) in [6, 6.07) is 7.19. The minimum Gasteiger partial charge on any atom is -0.497 e. The number of nitrogens with two attached hydrogens (primary N) is 1. The monoisotopic (exact) mass is 827 g/mol. The Bertz CT molecular complexity index is 1490. The van der Waals surface area contributed by atoms with Crippen LogP contribution in [0, 0.1) is 5.92 Å². The molecule has 15 nitrogen and oxygen atoms in total. The summed E-state index contributed by atoms with van der Waals surface area (Å²) >= 11 is 2.84. The van der Waals surface area contributed by atoms with Crippen LogP contribution in [0.15, 0.2) is 34.3 Å². The summed E-state index contributed by atoms with van der Waals surface area (Å²) in [6.45, 7) is 14.0. The highest BCUT2D eigenvalue weighted by atomic mass is 32.2. The van der Waals surface area contributed by atoms with Gasteiger partial charge in [0.25, 0.3) is 0 Å². The van der Waals surface area contributed by atoms with E-state index >= 15 is 0 Å². The standard InChI is InChI=1S/C29H44N2O7S.C9H17N3O3S.CH4/c1-18-21(11-10-12-22(32)37-28(2,3)4)36-25-23(24(18)35-17-19-13-15-20(34-9)16-14-19)30-26(39-25)31(8)27(33)38-29(5,6)7;1-11-9-12-5-7(14)6(13)4(2-3-10)15-8(5)16-9;/h13-16,18,21,23-25H,10-12,17H2,1-9H3;4-8,13-14H,2-3,10H2,1H3,(H,11,12);1H4/t18-,21-,23-,24+,25-;4-,5-,6-,7-,8-;/m11./s1. The second-order valence-electron chi connectivity index (χ2n) is 16.0. The van der Waals surface area contributed by atoms with E-state index in [4.69, 9.17) is 39.1 Å². The van der Waals surface area contributed by atoms with E-state index in [-0.39, 0.29) is 54.5 Å². The van der Waals surface area contributed by atoms with Crippen LogP contribution < -0.4 is 15.8 Å². The number of carbonyl (C=O) groups is 2. The van der Waals surface area contributed by atoms with Gasteiger partial charge >= 0.3 is 12.1 Å². The molecular formula is C39H65N5O10S2. The van der Waals surface area contributed by atoms with Gasteiger partial charge in [-0.2, -0.15) is 0 Å². The van der Waals surface area contributed by atoms with Crippen LogP contribution in [0.5, 0.6) is 5.75 Å². The molecule has 4 aliphatic rings. The molecule has 0 unspecified atom stereocenters. The van der Waals surface area contributed by atoms with E-state index in [9.17, 15) is 19.8 Å². The molecule has 5 N–H and O–H groups in total. The first-order valence-corrected chi connectivity index (χ1v) is 20.5. The Morgan fingerprint density at radius 1 is 0.982 bits per heavy atom. The van der Waals surface area contributed by atoms with Gasteiger partial charge in [0.1, 0.15) is 46.1 Å². The van der Waals surface area contributed by atoms with Gasteiger partial charge in [0.2, 0.25) is 0 Å². The second kappa shape index (κ2) is 20.9. The Labute approximate surface area is 341 Å². The van der Waals surface area contributed by atoms with E-state index in [1.807, 2.05) is 65.8 Å². The average molecular weight is 828 g/mol. The number of carbonyl (C=O) groups excluding carboxylic acids is 2. The number of amides is 1. The summed E-state index contributed by atoms with van der Waals surface area (Å²) in [5, 5.41) is 24.1. The van der Waals surface area contributed by atoms with Crippen molar-refractivity contribution in [1.82, 2.24) is 10.2 Å². The number of methoxy groups -OCH3 is 1. The molecule has 4 aliphatic heterocycles. The number of esters is 1. The topological polar surface area (TPSA) is 196 Å². The lowest BCUT2D eigenvalue weighted by atomic mass is 9.87. The fourth-order valence-corrected chi connectivity index (χ4v) is 8.73. The Kier molecular flexibility index (Phi) is 17.8. The summed E-state index contributed by atoms with van der Waals surface area (Å²) in [5.41, 5.74) is 4.83. The number of fused-ring (bicyclic) bond motifs is 2. The van der Waals surface area contributed by atoms with E-state index in [1.54, 1.807) is 21.2 Å². The van der Waals surface area contributed by atoms with E-state index in [0.717, 1.165) is 16.5 Å². The number of ether oxygens (including phenoxy) is 6. The molecule has 1 amide bonds. The maximum atomic E-state index is 12.7. The summed E-state index contributed by atoms with van der Waals surface area (Å²) in [7, 11) is 4.97. The third-order valence-corrected chi connectivity index (χ3v) is 11.6. The largest absolute Gasteiger partial charge is 0.497 e. The Hall–Kier alpha value is -2.64. The molecule has 1 aromatic rings. The number of aliphatic hydroxyl groups is 2. The highest BCUT2D eigenvalue weighted by Crippen LogP contribution is 2.42. The number of nitrogens with one attached hydrogen (secondary N) is 1. The molecule has 0 aromatic heterocycles. The predicted octanol–water partition coefficient (Wildman–Crippen LogP) is 4.90. The number of aliphatic imine (C=N–C) groups is 2. The first-order valence-electron chi connectivity index (χ1n) is 18.8. The number of benzene rings is 1. The molecule has 0 spiro atoms. The molecule has 17 heteroatoms. The molecule has 0 bridgehead atoms. The normalized spacial score (nSPS) is 30.4. The number of hydrogen-bond acceptors (Lipinski definition) is 15. The van der Waals surface area contributed by atoms with Crippen molar-refractivity contribution in [1.29, 1.82) is 0 Å². The summed E-state index contributed by atoms with van der Waals surface area (Å²) in [4.78, 5) is 35.3. The van der Waals surface area contributed by atoms with Crippen LogP contribution in [0.3, 0.4) is 0 Å². The molecule has 0 saturated carbocycles. The van der Waals surface area contributed by atoms with E-state index in [2.05, 4.69) is 17.2 Å². The Balaban J connectivity index is 0.000000411. The first kappa shape index (κ1) is 47.7. The molecule has 1 aromatic carbocycles. The highest BCUT2D eigenvalue weighted by Gasteiger charge is 2.50. The fourth-order valence-electron chi connectivity index (χ4n) is 6.45. The van der Waals surface area contributed by atoms with Crippen molar-refractivity contribution in [3.63, 3.8) is 0 Å². The van der Waals surface area contributed by atoms with Crippen LogP contribution in [0.1, 0.15) is 87.1 Å². The Morgan fingerprint density at radius 2 is 1.62 bits per heavy atom. The van der Waals surface area contributed by atoms with Crippen molar-refractivity contribution in [2.75, 3.05) is 27.7 Å². The molecule has 318 valence electrons. The summed E-state index contributed by atoms with van der Waals surface area (Å²) in [6.07, 6.45) is -0.788. The first-order chi connectivity index (χ1) is 25.8. The van der Waals surface area contributed by atoms with E-state index in [1.165, 1.54) is 28.4 Å². The maximum Gasteiger partial charge on any atom is 0.416 e. The lowest BCUT2D eigenvalue weighted by Crippen LogP contribution is -2.59. The SMILES string of the molecule is C.CN=C1N[C@@H]2[C@@H](O)[C@H](O)[C@@H](CCN)O[C@@H]2S1.COc1ccc(CO[C@H]2[C@H](C)[C@@H](CCCC(=O)OC(C)(C)C)O[C@@H]3SC(N(C)C(=O)OC(C)(C)C)=N[C@H]23)cc1. The zero-order valence-corrected chi connectivity index (χ0v) is 35.4. The lowest BCUT2D eigenvalue weighted by Gasteiger charge is -2.41. The van der Waals surface area contributed by atoms with Crippen molar-refractivity contribution < 1.29 is 48.2 Å². The fraction of sp³-hybridized carbons (Fsp3) is 0.744. The van der Waals surface area contributed by atoms with Crippen LogP contribution >= 0.6 is 23.5 Å². The third kappa shape index (κ3) is 13.2. The van der Waals surface area contributed by atoms with Crippen LogP contribution in [-0.4, -0.2) is 130 Å². The van der Waals surface area contributed by atoms with Crippen molar-refractivity contribution in [2.45, 2.75) is 153 Å². The van der Waals surface area contributed by atoms with Gasteiger partial charge in [-0.1, -0.05) is 50.0 Å². The van der Waals surface area contributed by atoms with Crippen LogP contribution in [0.4, 0.5) is 4.79 Å². The van der Waals surface area contributed by atoms with Crippen LogP contribution in [0.25, 0.3) is 0 Å². The van der Waals surface area contributed by atoms with Crippen molar-refractivity contribution in [2.24, 2.45) is 21.6 Å². The average Bonchev–Trinajstić information content (AvgIpc) is 3.73. The van der Waals surface area contributed by atoms with Crippen molar-refractivity contribution in [3.05, 3.63) is 29.8 Å². The third-order valence-electron chi connectivity index (χ3n) is 9.23. The smallest absolute Gasteiger partial charge is 0.416 e. The van der Waals surface area contributed by atoms with Crippen LogP contribution in [0.2, 0.25) is 0 Å². The van der Waals surface area contributed by atoms with Gasteiger partial charge in [0.05, 0.1) is 38.1 Å². The zero-order chi connectivity index (χ0) is 40.7. The van der Waals surface area contributed by atoms with Gasteiger partial charge in [0, 0.05) is 26.4 Å². The lowest BCUT2D eigenvalue weighted by molar-refractivity contribution is -0.156. The van der Waals surface area contributed by atoms with Gasteiger partial charge in [-0.25, -0.2) is 4.79 Å². The number of nitrogens with zero attached hydrogens (tertiary/aromatic N) is 3. The highest BCUT2D eigenvalue weighted by molar-refractivity contribution is 8.14. The van der Waals surface area contributed by atoms with Gasteiger partial charge in [-0.15, -0.1) is 0 Å². The summed E-state index contributed by atoms with van der Waals surface area (Å²) < 4.78 is 34.9. The molecule has 56 heavy (non-hydrogen) atoms. The number of thioether (sulfide) groups is 2. The number of aliphatic hydroxyl groups excluding tert-OH is 2. The number of rotatable bonds is 10. The molecule has 0 radical (unpaired) electrons. The predicted molar refractivity (Wildman–Crippen MR) is 221 cm³/mol. The minimum absolute atomic E-state index is 0. The van der Waals surface area contributed by atoms with E-state index in [0.29, 0.717) is 44.0 Å².